The third-order valence-electron chi connectivity index (χ3n) is 3.55. The number of aromatic amines is 1. The summed E-state index contributed by atoms with van der Waals surface area (Å²) in [6, 6.07) is 0. The van der Waals surface area contributed by atoms with Crippen LogP contribution in [0, 0.1) is 0 Å². The van der Waals surface area contributed by atoms with Gasteiger partial charge >= 0.3 is 0 Å². The Kier molecular flexibility index (Phi) is 4.74. The maximum Gasteiger partial charge on any atom is 0.274 e. The molecule has 0 atom stereocenters. The highest BCUT2D eigenvalue weighted by Gasteiger charge is 2.22. The van der Waals surface area contributed by atoms with E-state index >= 15 is 0 Å². The van der Waals surface area contributed by atoms with Crippen LogP contribution in [0.2, 0.25) is 0 Å². The number of nitrogens with zero attached hydrogens (tertiary/aromatic N) is 2. The molecule has 2 heterocycles. The van der Waals surface area contributed by atoms with Gasteiger partial charge in [0.25, 0.3) is 5.56 Å². The first-order valence-electron chi connectivity index (χ1n) is 7.48. The fourth-order valence-corrected chi connectivity index (χ4v) is 3.48. The first kappa shape index (κ1) is 16.1. The van der Waals surface area contributed by atoms with Crippen molar-refractivity contribution in [1.82, 2.24) is 14.7 Å². The Labute approximate surface area is 130 Å². The molecule has 1 aromatic heterocycles. The molecule has 0 amide bonds. The zero-order valence-electron chi connectivity index (χ0n) is 13.6. The van der Waals surface area contributed by atoms with Crippen LogP contribution in [-0.4, -0.2) is 33.5 Å². The van der Waals surface area contributed by atoms with Crippen molar-refractivity contribution in [3.63, 3.8) is 0 Å². The highest BCUT2D eigenvalue weighted by Crippen LogP contribution is 2.27. The molecule has 1 aliphatic heterocycles. The zero-order chi connectivity index (χ0) is 15.6. The van der Waals surface area contributed by atoms with E-state index in [1.54, 1.807) is 11.7 Å². The Bertz CT molecular complexity index is 627. The number of nitrogens with one attached hydrogen (secondary N) is 1. The van der Waals surface area contributed by atoms with Crippen molar-refractivity contribution >= 4 is 17.8 Å². The minimum Gasteiger partial charge on any atom is -0.359 e. The minimum atomic E-state index is -0.0927. The molecule has 0 radical (unpaired) electrons. The first-order chi connectivity index (χ1) is 9.84. The summed E-state index contributed by atoms with van der Waals surface area (Å²) < 4.78 is 1.55. The lowest BCUT2D eigenvalue weighted by Crippen LogP contribution is -2.18. The van der Waals surface area contributed by atoms with Gasteiger partial charge in [-0.1, -0.05) is 45.2 Å². The molecule has 1 saturated heterocycles. The lowest BCUT2D eigenvalue weighted by atomic mass is 9.89. The van der Waals surface area contributed by atoms with Crippen LogP contribution in [0.15, 0.2) is 15.6 Å². The Morgan fingerprint density at radius 1 is 1.43 bits per heavy atom. The molecule has 4 nitrogen and oxygen atoms in total. The van der Waals surface area contributed by atoms with E-state index < -0.39 is 0 Å². The van der Waals surface area contributed by atoms with Crippen LogP contribution in [0.1, 0.15) is 45.4 Å². The van der Waals surface area contributed by atoms with Gasteiger partial charge in [0.05, 0.1) is 11.3 Å². The molecule has 5 heteroatoms. The number of hydrogen-bond acceptors (Lipinski definition) is 3. The lowest BCUT2D eigenvalue weighted by Gasteiger charge is -2.17. The summed E-state index contributed by atoms with van der Waals surface area (Å²) in [6.45, 7) is 10.6. The van der Waals surface area contributed by atoms with E-state index in [4.69, 9.17) is 0 Å². The smallest absolute Gasteiger partial charge is 0.274 e. The van der Waals surface area contributed by atoms with Gasteiger partial charge in [-0.15, -0.1) is 0 Å². The molecular formula is C16H25N3OS. The summed E-state index contributed by atoms with van der Waals surface area (Å²) in [5.41, 5.74) is 4.96. The number of aromatic nitrogens is 2. The van der Waals surface area contributed by atoms with E-state index in [1.807, 2.05) is 17.8 Å². The average Bonchev–Trinajstić information content (AvgIpc) is 2.94. The highest BCUT2D eigenvalue weighted by atomic mass is 32.2. The van der Waals surface area contributed by atoms with Crippen LogP contribution in [0.4, 0.5) is 0 Å². The predicted octanol–water partition coefficient (Wildman–Crippen LogP) is 2.92. The van der Waals surface area contributed by atoms with E-state index in [0.29, 0.717) is 0 Å². The number of hydrogen-bond donors (Lipinski definition) is 1. The van der Waals surface area contributed by atoms with Crippen LogP contribution in [-0.2, 0) is 12.5 Å². The molecule has 1 aromatic rings. The minimum absolute atomic E-state index is 0.0121. The SMILES string of the molecule is CCCN1CCSC1=C=Cc1c(C(C)(C)C)[nH]n(C)c1=O. The maximum absolute atomic E-state index is 12.3. The fourth-order valence-electron chi connectivity index (χ4n) is 2.47. The molecule has 1 fully saturated rings. The van der Waals surface area contributed by atoms with Gasteiger partial charge in [-0.05, 0) is 12.5 Å². The average molecular weight is 307 g/mol. The molecule has 0 saturated carbocycles. The molecule has 116 valence electrons. The Balaban J connectivity index is 2.44. The van der Waals surface area contributed by atoms with Gasteiger partial charge in [-0.2, -0.15) is 0 Å². The van der Waals surface area contributed by atoms with Crippen molar-refractivity contribution < 1.29 is 0 Å². The van der Waals surface area contributed by atoms with Crippen molar-refractivity contribution in [2.24, 2.45) is 7.05 Å². The molecular weight excluding hydrogens is 282 g/mol. The van der Waals surface area contributed by atoms with Gasteiger partial charge in [0.15, 0.2) is 0 Å². The largest absolute Gasteiger partial charge is 0.359 e. The van der Waals surface area contributed by atoms with Crippen LogP contribution >= 0.6 is 11.8 Å². The Hall–Kier alpha value is -1.32. The molecule has 1 N–H and O–H groups in total. The second-order valence-electron chi connectivity index (χ2n) is 6.44. The summed E-state index contributed by atoms with van der Waals surface area (Å²) >= 11 is 1.82. The normalized spacial score (nSPS) is 15.5. The third kappa shape index (κ3) is 3.47. The number of aryl methyl sites for hydroxylation is 1. The van der Waals surface area contributed by atoms with Crippen LogP contribution in [0.25, 0.3) is 6.08 Å². The summed E-state index contributed by atoms with van der Waals surface area (Å²) in [7, 11) is 1.76. The Morgan fingerprint density at radius 2 is 2.14 bits per heavy atom. The molecule has 0 aromatic carbocycles. The fraction of sp³-hybridized carbons (Fsp3) is 0.625. The Morgan fingerprint density at radius 3 is 2.76 bits per heavy atom. The van der Waals surface area contributed by atoms with Crippen molar-refractivity contribution in [1.29, 1.82) is 0 Å². The van der Waals surface area contributed by atoms with Crippen molar-refractivity contribution in [2.45, 2.75) is 39.5 Å². The highest BCUT2D eigenvalue weighted by molar-refractivity contribution is 8.03. The van der Waals surface area contributed by atoms with E-state index in [9.17, 15) is 4.79 Å². The second kappa shape index (κ2) is 6.20. The number of rotatable bonds is 3. The molecule has 21 heavy (non-hydrogen) atoms. The van der Waals surface area contributed by atoms with Crippen LogP contribution in [0.5, 0.6) is 0 Å². The molecule has 0 bridgehead atoms. The van der Waals surface area contributed by atoms with Crippen molar-refractivity contribution in [3.8, 4) is 0 Å². The van der Waals surface area contributed by atoms with E-state index in [2.05, 4.69) is 43.4 Å². The van der Waals surface area contributed by atoms with E-state index in [-0.39, 0.29) is 11.0 Å². The van der Waals surface area contributed by atoms with Gasteiger partial charge in [0.1, 0.15) is 5.03 Å². The topological polar surface area (TPSA) is 41.0 Å². The molecule has 0 unspecified atom stereocenters. The zero-order valence-corrected chi connectivity index (χ0v) is 14.4. The van der Waals surface area contributed by atoms with Gasteiger partial charge < -0.3 is 4.90 Å². The maximum atomic E-state index is 12.3. The number of H-pyrrole nitrogens is 1. The van der Waals surface area contributed by atoms with Gasteiger partial charge in [0.2, 0.25) is 0 Å². The van der Waals surface area contributed by atoms with Crippen LogP contribution in [0.3, 0.4) is 0 Å². The van der Waals surface area contributed by atoms with Gasteiger partial charge in [0, 0.05) is 31.3 Å². The first-order valence-corrected chi connectivity index (χ1v) is 8.47. The van der Waals surface area contributed by atoms with Crippen molar-refractivity contribution in [3.05, 3.63) is 32.4 Å². The third-order valence-corrected chi connectivity index (χ3v) is 4.59. The van der Waals surface area contributed by atoms with Gasteiger partial charge in [-0.3, -0.25) is 14.6 Å². The molecule has 2 rings (SSSR count). The molecule has 0 spiro atoms. The van der Waals surface area contributed by atoms with E-state index in [0.717, 1.165) is 41.5 Å². The molecule has 0 aliphatic carbocycles. The van der Waals surface area contributed by atoms with E-state index in [1.165, 1.54) is 0 Å². The summed E-state index contributed by atoms with van der Waals surface area (Å²) in [5.74, 6) is 1.10. The standard InChI is InChI=1S/C16H25N3OS/c1-6-9-19-10-11-21-13(19)8-7-12-14(16(2,3)4)17-18(5)15(12)20/h7,17H,6,9-11H2,1-5H3. The van der Waals surface area contributed by atoms with Crippen molar-refractivity contribution in [2.75, 3.05) is 18.8 Å². The summed E-state index contributed by atoms with van der Waals surface area (Å²) in [5, 5.41) is 4.32. The second-order valence-corrected chi connectivity index (χ2v) is 7.53. The quantitative estimate of drug-likeness (QED) is 0.873. The van der Waals surface area contributed by atoms with Gasteiger partial charge in [-0.25, -0.2) is 0 Å². The summed E-state index contributed by atoms with van der Waals surface area (Å²) in [4.78, 5) is 14.6. The van der Waals surface area contributed by atoms with Crippen LogP contribution < -0.4 is 5.56 Å². The summed E-state index contributed by atoms with van der Waals surface area (Å²) in [6.07, 6.45) is 2.99. The molecule has 1 aliphatic rings. The monoisotopic (exact) mass is 307 g/mol. The lowest BCUT2D eigenvalue weighted by molar-refractivity contribution is 0.403. The number of thioether (sulfide) groups is 1. The predicted molar refractivity (Wildman–Crippen MR) is 90.5 cm³/mol.